The first kappa shape index (κ1) is 10.2. The van der Waals surface area contributed by atoms with Crippen molar-refractivity contribution in [3.05, 3.63) is 29.7 Å². The van der Waals surface area contributed by atoms with Crippen molar-refractivity contribution in [1.29, 1.82) is 0 Å². The third-order valence-corrected chi connectivity index (χ3v) is 2.94. The average Bonchev–Trinajstić information content (AvgIpc) is 2.64. The van der Waals surface area contributed by atoms with Crippen LogP contribution in [0.3, 0.4) is 0 Å². The summed E-state index contributed by atoms with van der Waals surface area (Å²) in [6.07, 6.45) is 6.31. The van der Waals surface area contributed by atoms with Gasteiger partial charge in [-0.2, -0.15) is 0 Å². The molecule has 15 heavy (non-hydrogen) atoms. The molecule has 0 fully saturated rings. The number of aldehydes is 1. The van der Waals surface area contributed by atoms with Gasteiger partial charge in [0.2, 0.25) is 0 Å². The molecular formula is C13H16O2. The molecule has 0 aromatic carbocycles. The van der Waals surface area contributed by atoms with Crippen molar-refractivity contribution in [2.75, 3.05) is 0 Å². The molecule has 1 heterocycles. The van der Waals surface area contributed by atoms with Crippen molar-refractivity contribution in [1.82, 2.24) is 0 Å². The molecule has 0 N–H and O–H groups in total. The highest BCUT2D eigenvalue weighted by Crippen LogP contribution is 2.39. The minimum Gasteiger partial charge on any atom is -0.454 e. The lowest BCUT2D eigenvalue weighted by atomic mass is 9.77. The summed E-state index contributed by atoms with van der Waals surface area (Å²) in [5.74, 6) is 1.26. The molecule has 0 aliphatic heterocycles. The first-order valence-corrected chi connectivity index (χ1v) is 5.35. The summed E-state index contributed by atoms with van der Waals surface area (Å²) < 4.78 is 5.43. The van der Waals surface area contributed by atoms with Gasteiger partial charge in [-0.15, -0.1) is 0 Å². The van der Waals surface area contributed by atoms with Gasteiger partial charge in [0.05, 0.1) is 0 Å². The molecule has 2 rings (SSSR count). The summed E-state index contributed by atoms with van der Waals surface area (Å²) >= 11 is 0. The molecule has 0 bridgehead atoms. The Labute approximate surface area is 90.0 Å². The van der Waals surface area contributed by atoms with Gasteiger partial charge in [0.1, 0.15) is 5.76 Å². The fourth-order valence-electron chi connectivity index (χ4n) is 2.09. The second-order valence-electron chi connectivity index (χ2n) is 4.93. The number of carbonyl (C=O) groups excluding carboxylic acids is 1. The summed E-state index contributed by atoms with van der Waals surface area (Å²) in [5, 5.41) is 0. The van der Waals surface area contributed by atoms with Gasteiger partial charge >= 0.3 is 0 Å². The fourth-order valence-corrected chi connectivity index (χ4v) is 2.09. The van der Waals surface area contributed by atoms with Gasteiger partial charge in [-0.25, -0.2) is 0 Å². The maximum Gasteiger partial charge on any atom is 0.185 e. The van der Waals surface area contributed by atoms with Crippen LogP contribution < -0.4 is 0 Å². The van der Waals surface area contributed by atoms with E-state index < -0.39 is 0 Å². The Morgan fingerprint density at radius 1 is 1.40 bits per heavy atom. The van der Waals surface area contributed by atoms with Crippen LogP contribution in [-0.2, 0) is 0 Å². The van der Waals surface area contributed by atoms with E-state index in [1.807, 2.05) is 6.07 Å². The van der Waals surface area contributed by atoms with Gasteiger partial charge in [0, 0.05) is 0 Å². The summed E-state index contributed by atoms with van der Waals surface area (Å²) in [5.41, 5.74) is 1.58. The Morgan fingerprint density at radius 2 is 2.20 bits per heavy atom. The average molecular weight is 204 g/mol. The van der Waals surface area contributed by atoms with Gasteiger partial charge in [0.15, 0.2) is 12.0 Å². The molecule has 80 valence electrons. The van der Waals surface area contributed by atoms with E-state index in [4.69, 9.17) is 4.42 Å². The molecule has 0 amide bonds. The van der Waals surface area contributed by atoms with Crippen LogP contribution in [-0.4, -0.2) is 6.29 Å². The molecule has 1 aliphatic rings. The predicted molar refractivity (Wildman–Crippen MR) is 59.7 cm³/mol. The highest BCUT2D eigenvalue weighted by molar-refractivity contribution is 5.72. The summed E-state index contributed by atoms with van der Waals surface area (Å²) in [6, 6.07) is 3.61. The Kier molecular flexibility index (Phi) is 2.51. The second-order valence-corrected chi connectivity index (χ2v) is 4.93. The van der Waals surface area contributed by atoms with E-state index in [-0.39, 0.29) is 0 Å². The first-order chi connectivity index (χ1) is 7.11. The second kappa shape index (κ2) is 3.69. The van der Waals surface area contributed by atoms with E-state index in [0.29, 0.717) is 11.2 Å². The Morgan fingerprint density at radius 3 is 2.80 bits per heavy atom. The topological polar surface area (TPSA) is 30.2 Å². The molecule has 2 heteroatoms. The lowest BCUT2D eigenvalue weighted by Crippen LogP contribution is -2.14. The minimum atomic E-state index is 0.345. The van der Waals surface area contributed by atoms with Crippen LogP contribution in [0.4, 0.5) is 0 Å². The van der Waals surface area contributed by atoms with Crippen molar-refractivity contribution in [2.45, 2.75) is 33.1 Å². The number of hydrogen-bond donors (Lipinski definition) is 0. The van der Waals surface area contributed by atoms with Gasteiger partial charge in [-0.05, 0) is 42.4 Å². The smallest absolute Gasteiger partial charge is 0.185 e. The normalized spacial score (nSPS) is 19.7. The fraction of sp³-hybridized carbons (Fsp3) is 0.462. The summed E-state index contributed by atoms with van der Waals surface area (Å²) in [4.78, 5) is 10.5. The van der Waals surface area contributed by atoms with Crippen molar-refractivity contribution < 1.29 is 9.21 Å². The standard InChI is InChI=1S/C13H16O2/c1-13(2)7-3-4-10(8-13)12-6-5-11(9-14)15-12/h4-6,9H,3,7-8H2,1-2H3. The monoisotopic (exact) mass is 204 g/mol. The zero-order chi connectivity index (χ0) is 10.9. The van der Waals surface area contributed by atoms with Gasteiger partial charge in [0.25, 0.3) is 0 Å². The molecule has 1 aromatic heterocycles. The Hall–Kier alpha value is -1.31. The van der Waals surface area contributed by atoms with Crippen molar-refractivity contribution in [3.63, 3.8) is 0 Å². The molecule has 1 aliphatic carbocycles. The van der Waals surface area contributed by atoms with Crippen molar-refractivity contribution in [3.8, 4) is 0 Å². The van der Waals surface area contributed by atoms with Crippen LogP contribution in [0.1, 0.15) is 49.4 Å². The molecule has 0 spiro atoms. The molecule has 0 unspecified atom stereocenters. The van der Waals surface area contributed by atoms with Crippen LogP contribution in [0.5, 0.6) is 0 Å². The lowest BCUT2D eigenvalue weighted by molar-refractivity contribution is 0.110. The van der Waals surface area contributed by atoms with Crippen molar-refractivity contribution >= 4 is 11.9 Å². The quantitative estimate of drug-likeness (QED) is 0.688. The number of furan rings is 1. The van der Waals surface area contributed by atoms with Crippen LogP contribution in [0.2, 0.25) is 0 Å². The highest BCUT2D eigenvalue weighted by atomic mass is 16.3. The van der Waals surface area contributed by atoms with E-state index in [2.05, 4.69) is 19.9 Å². The largest absolute Gasteiger partial charge is 0.454 e. The number of allylic oxidation sites excluding steroid dienone is 2. The molecule has 1 aromatic rings. The SMILES string of the molecule is CC1(C)CCC=C(c2ccc(C=O)o2)C1. The molecule has 2 nitrogen and oxygen atoms in total. The molecule has 0 radical (unpaired) electrons. The lowest BCUT2D eigenvalue weighted by Gasteiger charge is -2.28. The Bertz CT molecular complexity index is 396. The van der Waals surface area contributed by atoms with E-state index in [1.165, 1.54) is 12.0 Å². The van der Waals surface area contributed by atoms with E-state index in [9.17, 15) is 4.79 Å². The van der Waals surface area contributed by atoms with Crippen LogP contribution in [0.25, 0.3) is 5.57 Å². The summed E-state index contributed by atoms with van der Waals surface area (Å²) in [7, 11) is 0. The van der Waals surface area contributed by atoms with E-state index in [0.717, 1.165) is 24.9 Å². The van der Waals surface area contributed by atoms with Crippen LogP contribution >= 0.6 is 0 Å². The number of rotatable bonds is 2. The predicted octanol–water partition coefficient (Wildman–Crippen LogP) is 3.69. The number of hydrogen-bond acceptors (Lipinski definition) is 2. The Balaban J connectivity index is 2.24. The third-order valence-electron chi connectivity index (χ3n) is 2.94. The number of carbonyl (C=O) groups is 1. The van der Waals surface area contributed by atoms with Crippen molar-refractivity contribution in [2.24, 2.45) is 5.41 Å². The molecule has 0 saturated heterocycles. The maximum atomic E-state index is 10.5. The minimum absolute atomic E-state index is 0.345. The van der Waals surface area contributed by atoms with Gasteiger partial charge in [-0.3, -0.25) is 4.79 Å². The van der Waals surface area contributed by atoms with E-state index >= 15 is 0 Å². The third kappa shape index (κ3) is 2.20. The zero-order valence-electron chi connectivity index (χ0n) is 9.25. The first-order valence-electron chi connectivity index (χ1n) is 5.35. The zero-order valence-corrected chi connectivity index (χ0v) is 9.25. The van der Waals surface area contributed by atoms with E-state index in [1.54, 1.807) is 6.07 Å². The van der Waals surface area contributed by atoms with Gasteiger partial charge in [-0.1, -0.05) is 19.9 Å². The molecule has 0 atom stereocenters. The maximum absolute atomic E-state index is 10.5. The van der Waals surface area contributed by atoms with Gasteiger partial charge < -0.3 is 4.42 Å². The van der Waals surface area contributed by atoms with Crippen LogP contribution in [0.15, 0.2) is 22.6 Å². The highest BCUT2D eigenvalue weighted by Gasteiger charge is 2.24. The molecule has 0 saturated carbocycles. The molecular weight excluding hydrogens is 188 g/mol. The van der Waals surface area contributed by atoms with Crippen LogP contribution in [0, 0.1) is 5.41 Å². The summed E-state index contributed by atoms with van der Waals surface area (Å²) in [6.45, 7) is 4.53.